The Bertz CT molecular complexity index is 1150. The molecule has 28 heavy (non-hydrogen) atoms. The predicted octanol–water partition coefficient (Wildman–Crippen LogP) is 2.34. The minimum atomic E-state index is -3.59. The Balaban J connectivity index is 1.46. The van der Waals surface area contributed by atoms with E-state index >= 15 is 0 Å². The highest BCUT2D eigenvalue weighted by Gasteiger charge is 2.39. The van der Waals surface area contributed by atoms with E-state index in [9.17, 15) is 8.42 Å². The Hall–Kier alpha value is -1.94. The van der Waals surface area contributed by atoms with E-state index in [1.165, 1.54) is 4.31 Å². The van der Waals surface area contributed by atoms with Gasteiger partial charge in [0.15, 0.2) is 5.58 Å². The number of sulfonamides is 1. The van der Waals surface area contributed by atoms with Gasteiger partial charge in [-0.25, -0.2) is 8.42 Å². The normalized spacial score (nSPS) is 16.2. The van der Waals surface area contributed by atoms with Crippen LogP contribution in [-0.2, 0) is 23.6 Å². The average molecular weight is 424 g/mol. The minimum Gasteiger partial charge on any atom is -0.356 e. The van der Waals surface area contributed by atoms with Gasteiger partial charge >= 0.3 is 0 Å². The van der Waals surface area contributed by atoms with Crippen LogP contribution in [0.2, 0.25) is 5.02 Å². The fourth-order valence-corrected chi connectivity index (χ4v) is 5.56. The third-order valence-electron chi connectivity index (χ3n) is 5.41. The Labute approximate surface area is 168 Å². The zero-order valence-electron chi connectivity index (χ0n) is 16.2. The Kier molecular flexibility index (Phi) is 4.73. The summed E-state index contributed by atoms with van der Waals surface area (Å²) < 4.78 is 34.5. The van der Waals surface area contributed by atoms with E-state index < -0.39 is 10.0 Å². The van der Waals surface area contributed by atoms with Crippen LogP contribution in [0.4, 0.5) is 0 Å². The van der Waals surface area contributed by atoms with Crippen molar-refractivity contribution in [3.05, 3.63) is 40.3 Å². The molecule has 0 saturated carbocycles. The molecule has 3 heterocycles. The van der Waals surface area contributed by atoms with Crippen molar-refractivity contribution < 1.29 is 12.9 Å². The van der Waals surface area contributed by atoms with Gasteiger partial charge in [0.1, 0.15) is 10.6 Å². The molecule has 0 unspecified atom stereocenters. The van der Waals surface area contributed by atoms with Crippen molar-refractivity contribution in [2.75, 3.05) is 20.1 Å². The first kappa shape index (κ1) is 19.4. The number of hydrogen-bond donors (Lipinski definition) is 0. The Morgan fingerprint density at radius 2 is 2.04 bits per heavy atom. The van der Waals surface area contributed by atoms with Crippen LogP contribution in [0.1, 0.15) is 17.1 Å². The molecule has 8 nitrogen and oxygen atoms in total. The molecule has 0 bridgehead atoms. The van der Waals surface area contributed by atoms with E-state index in [4.69, 9.17) is 16.1 Å². The molecule has 1 fully saturated rings. The highest BCUT2D eigenvalue weighted by Crippen LogP contribution is 2.28. The van der Waals surface area contributed by atoms with Crippen LogP contribution in [0.15, 0.2) is 27.6 Å². The average Bonchev–Trinajstić information content (AvgIpc) is 3.10. The van der Waals surface area contributed by atoms with Gasteiger partial charge in [-0.1, -0.05) is 16.8 Å². The van der Waals surface area contributed by atoms with Crippen molar-refractivity contribution in [3.63, 3.8) is 0 Å². The van der Waals surface area contributed by atoms with Gasteiger partial charge in [-0.2, -0.15) is 9.40 Å². The summed E-state index contributed by atoms with van der Waals surface area (Å²) in [7, 11) is -0.209. The van der Waals surface area contributed by atoms with Crippen molar-refractivity contribution in [3.8, 4) is 0 Å². The number of hydrogen-bond acceptors (Lipinski definition) is 6. The van der Waals surface area contributed by atoms with Crippen LogP contribution in [0.5, 0.6) is 0 Å². The quantitative estimate of drug-likeness (QED) is 0.626. The Morgan fingerprint density at radius 3 is 2.68 bits per heavy atom. The molecule has 0 radical (unpaired) electrons. The molecule has 0 spiro atoms. The molecular weight excluding hydrogens is 402 g/mol. The van der Waals surface area contributed by atoms with Crippen LogP contribution in [0, 0.1) is 13.8 Å². The fraction of sp³-hybridized carbons (Fsp3) is 0.444. The zero-order valence-corrected chi connectivity index (χ0v) is 17.8. The number of benzene rings is 1. The molecule has 3 aromatic rings. The summed E-state index contributed by atoms with van der Waals surface area (Å²) in [4.78, 5) is 2.44. The van der Waals surface area contributed by atoms with Crippen molar-refractivity contribution in [1.29, 1.82) is 0 Å². The molecule has 10 heteroatoms. The third-order valence-corrected chi connectivity index (χ3v) is 7.81. The fourth-order valence-electron chi connectivity index (χ4n) is 3.66. The number of likely N-dealkylation sites (tertiary alicyclic amines) is 1. The predicted molar refractivity (Wildman–Crippen MR) is 106 cm³/mol. The second-order valence-corrected chi connectivity index (χ2v) is 9.63. The van der Waals surface area contributed by atoms with Gasteiger partial charge in [-0.05, 0) is 32.0 Å². The lowest BCUT2D eigenvalue weighted by molar-refractivity contribution is 0.0810. The monoisotopic (exact) mass is 423 g/mol. The van der Waals surface area contributed by atoms with E-state index in [0.29, 0.717) is 46.5 Å². The number of halogens is 1. The van der Waals surface area contributed by atoms with Gasteiger partial charge in [0.05, 0.1) is 17.4 Å². The number of likely N-dealkylation sites (N-methyl/N-ethyl adjacent to an activating group) is 1. The zero-order chi connectivity index (χ0) is 20.2. The van der Waals surface area contributed by atoms with Crippen LogP contribution in [-0.4, -0.2) is 58.7 Å². The SMILES string of the molecule is Cc1nn(C)c(C)c1S(=O)(=O)N(C)C1CN(Cc2noc3ccc(Cl)cc23)C1. The lowest BCUT2D eigenvalue weighted by Gasteiger charge is -2.43. The van der Waals surface area contributed by atoms with E-state index in [0.717, 1.165) is 11.1 Å². The molecule has 0 amide bonds. The maximum atomic E-state index is 13.1. The number of rotatable bonds is 5. The van der Waals surface area contributed by atoms with E-state index in [-0.39, 0.29) is 6.04 Å². The molecule has 1 saturated heterocycles. The Morgan fingerprint density at radius 1 is 1.32 bits per heavy atom. The number of fused-ring (bicyclic) bond motifs is 1. The summed E-state index contributed by atoms with van der Waals surface area (Å²) in [6.07, 6.45) is 0. The van der Waals surface area contributed by atoms with E-state index in [1.54, 1.807) is 44.8 Å². The molecule has 0 N–H and O–H groups in total. The standard InChI is InChI=1S/C18H22ClN5O3S/c1-11-18(12(2)22(3)20-11)28(25,26)23(4)14-8-24(9-14)10-16-15-7-13(19)5-6-17(15)27-21-16/h5-7,14H,8-10H2,1-4H3. The van der Waals surface area contributed by atoms with Gasteiger partial charge in [-0.3, -0.25) is 9.58 Å². The molecule has 1 aromatic carbocycles. The van der Waals surface area contributed by atoms with Crippen molar-refractivity contribution in [2.24, 2.45) is 7.05 Å². The second-order valence-electron chi connectivity index (χ2n) is 7.26. The molecule has 2 aromatic heterocycles. The molecule has 4 rings (SSSR count). The van der Waals surface area contributed by atoms with Crippen molar-refractivity contribution >= 4 is 32.6 Å². The van der Waals surface area contributed by atoms with E-state index in [1.807, 2.05) is 6.07 Å². The second kappa shape index (κ2) is 6.84. The van der Waals surface area contributed by atoms with Crippen LogP contribution in [0.25, 0.3) is 11.0 Å². The molecule has 0 aliphatic carbocycles. The van der Waals surface area contributed by atoms with Gasteiger partial charge in [-0.15, -0.1) is 0 Å². The van der Waals surface area contributed by atoms with Crippen LogP contribution >= 0.6 is 11.6 Å². The van der Waals surface area contributed by atoms with Crippen LogP contribution < -0.4 is 0 Å². The highest BCUT2D eigenvalue weighted by molar-refractivity contribution is 7.89. The van der Waals surface area contributed by atoms with Gasteiger partial charge in [0.25, 0.3) is 0 Å². The maximum Gasteiger partial charge on any atom is 0.246 e. The first-order valence-corrected chi connectivity index (χ1v) is 10.7. The number of aryl methyl sites for hydroxylation is 2. The molecule has 1 aliphatic rings. The third kappa shape index (κ3) is 3.12. The van der Waals surface area contributed by atoms with Crippen LogP contribution in [0.3, 0.4) is 0 Å². The van der Waals surface area contributed by atoms with Gasteiger partial charge in [0.2, 0.25) is 10.0 Å². The number of aromatic nitrogens is 3. The molecule has 0 atom stereocenters. The summed E-state index contributed by atoms with van der Waals surface area (Å²) >= 11 is 6.07. The maximum absolute atomic E-state index is 13.1. The summed E-state index contributed by atoms with van der Waals surface area (Å²) in [5.74, 6) is 0. The summed E-state index contributed by atoms with van der Waals surface area (Å²) in [6, 6.07) is 5.31. The molecule has 150 valence electrons. The first-order valence-electron chi connectivity index (χ1n) is 8.93. The number of nitrogens with zero attached hydrogens (tertiary/aromatic N) is 5. The summed E-state index contributed by atoms with van der Waals surface area (Å²) in [5, 5.41) is 9.89. The minimum absolute atomic E-state index is 0.0919. The van der Waals surface area contributed by atoms with Gasteiger partial charge < -0.3 is 4.52 Å². The largest absolute Gasteiger partial charge is 0.356 e. The highest BCUT2D eigenvalue weighted by atomic mass is 35.5. The smallest absolute Gasteiger partial charge is 0.246 e. The topological polar surface area (TPSA) is 84.5 Å². The summed E-state index contributed by atoms with van der Waals surface area (Å²) in [5.41, 5.74) is 2.67. The van der Waals surface area contributed by atoms with E-state index in [2.05, 4.69) is 15.2 Å². The lowest BCUT2D eigenvalue weighted by atomic mass is 10.1. The van der Waals surface area contributed by atoms with Crippen molar-refractivity contribution in [2.45, 2.75) is 31.3 Å². The molecular formula is C18H22ClN5O3S. The molecule has 1 aliphatic heterocycles. The first-order chi connectivity index (χ1) is 13.2. The lowest BCUT2D eigenvalue weighted by Crippen LogP contribution is -2.59. The summed E-state index contributed by atoms with van der Waals surface area (Å²) in [6.45, 7) is 5.34. The van der Waals surface area contributed by atoms with Crippen molar-refractivity contribution in [1.82, 2.24) is 24.1 Å². The van der Waals surface area contributed by atoms with Gasteiger partial charge in [0, 0.05) is 44.1 Å².